The van der Waals surface area contributed by atoms with Crippen molar-refractivity contribution in [2.75, 3.05) is 13.2 Å². The Morgan fingerprint density at radius 2 is 2.17 bits per heavy atom. The van der Waals surface area contributed by atoms with E-state index in [4.69, 9.17) is 10.6 Å². The fourth-order valence-electron chi connectivity index (χ4n) is 3.55. The van der Waals surface area contributed by atoms with Crippen molar-refractivity contribution in [1.29, 1.82) is 0 Å². The molecular formula is C14H22N2OS. The Kier molecular flexibility index (Phi) is 3.99. The van der Waals surface area contributed by atoms with Gasteiger partial charge in [0.1, 0.15) is 0 Å². The van der Waals surface area contributed by atoms with Crippen molar-refractivity contribution in [2.45, 2.75) is 44.1 Å². The summed E-state index contributed by atoms with van der Waals surface area (Å²) in [5.74, 6) is 7.14. The van der Waals surface area contributed by atoms with Crippen LogP contribution in [0.1, 0.15) is 42.0 Å². The van der Waals surface area contributed by atoms with Crippen molar-refractivity contribution in [3.8, 4) is 0 Å². The third-order valence-electron chi connectivity index (χ3n) is 4.50. The lowest BCUT2D eigenvalue weighted by Crippen LogP contribution is -2.47. The lowest BCUT2D eigenvalue weighted by atomic mass is 9.75. The van der Waals surface area contributed by atoms with Crippen molar-refractivity contribution in [3.05, 3.63) is 21.9 Å². The van der Waals surface area contributed by atoms with E-state index in [9.17, 15) is 0 Å². The SMILES string of the molecule is NNC(C1CCOCC1)C1CCCc2sccc21. The summed E-state index contributed by atoms with van der Waals surface area (Å²) >= 11 is 1.91. The number of nitrogens with two attached hydrogens (primary N) is 1. The predicted molar refractivity (Wildman–Crippen MR) is 74.7 cm³/mol. The van der Waals surface area contributed by atoms with Crippen molar-refractivity contribution in [1.82, 2.24) is 5.43 Å². The van der Waals surface area contributed by atoms with Crippen molar-refractivity contribution in [3.63, 3.8) is 0 Å². The average molecular weight is 266 g/mol. The van der Waals surface area contributed by atoms with Crippen LogP contribution in [0.2, 0.25) is 0 Å². The Morgan fingerprint density at radius 1 is 1.33 bits per heavy atom. The minimum absolute atomic E-state index is 0.419. The molecule has 2 atom stereocenters. The van der Waals surface area contributed by atoms with Gasteiger partial charge in [0.25, 0.3) is 0 Å². The first-order valence-corrected chi connectivity index (χ1v) is 7.88. The van der Waals surface area contributed by atoms with E-state index in [1.54, 1.807) is 10.4 Å². The van der Waals surface area contributed by atoms with Gasteiger partial charge in [-0.05, 0) is 55.0 Å². The van der Waals surface area contributed by atoms with Gasteiger partial charge in [0.15, 0.2) is 0 Å². The number of thiophene rings is 1. The normalized spacial score (nSPS) is 26.8. The van der Waals surface area contributed by atoms with Crippen molar-refractivity contribution >= 4 is 11.3 Å². The van der Waals surface area contributed by atoms with Crippen LogP contribution in [0, 0.1) is 5.92 Å². The summed E-state index contributed by atoms with van der Waals surface area (Å²) in [6.07, 6.45) is 6.12. The second kappa shape index (κ2) is 5.70. The third kappa shape index (κ3) is 2.35. The van der Waals surface area contributed by atoms with Gasteiger partial charge >= 0.3 is 0 Å². The quantitative estimate of drug-likeness (QED) is 0.652. The predicted octanol–water partition coefficient (Wildman–Crippen LogP) is 2.43. The second-order valence-electron chi connectivity index (χ2n) is 5.44. The molecule has 1 fully saturated rings. The molecular weight excluding hydrogens is 244 g/mol. The number of ether oxygens (including phenoxy) is 1. The first-order chi connectivity index (χ1) is 8.90. The van der Waals surface area contributed by atoms with E-state index in [-0.39, 0.29) is 0 Å². The van der Waals surface area contributed by atoms with Gasteiger partial charge in [0.05, 0.1) is 0 Å². The number of nitrogens with one attached hydrogen (secondary N) is 1. The molecule has 18 heavy (non-hydrogen) atoms. The van der Waals surface area contributed by atoms with Crippen LogP contribution in [0.15, 0.2) is 11.4 Å². The third-order valence-corrected chi connectivity index (χ3v) is 5.49. The highest BCUT2D eigenvalue weighted by molar-refractivity contribution is 7.10. The molecule has 1 aliphatic carbocycles. The van der Waals surface area contributed by atoms with Crippen molar-refractivity contribution in [2.24, 2.45) is 11.8 Å². The van der Waals surface area contributed by atoms with Gasteiger partial charge in [-0.25, -0.2) is 0 Å². The summed E-state index contributed by atoms with van der Waals surface area (Å²) in [4.78, 5) is 1.58. The standard InChI is InChI=1S/C14H22N2OS/c15-16-14(10-4-7-17-8-5-10)12-2-1-3-13-11(12)6-9-18-13/h6,9-10,12,14,16H,1-5,7-8,15H2. The van der Waals surface area contributed by atoms with Gasteiger partial charge in [0, 0.05) is 30.1 Å². The van der Waals surface area contributed by atoms with Gasteiger partial charge in [0.2, 0.25) is 0 Å². The molecule has 100 valence electrons. The van der Waals surface area contributed by atoms with E-state index in [2.05, 4.69) is 16.9 Å². The summed E-state index contributed by atoms with van der Waals surface area (Å²) in [6.45, 7) is 1.79. The average Bonchev–Trinajstić information content (AvgIpc) is 2.90. The molecule has 2 aliphatic rings. The zero-order valence-electron chi connectivity index (χ0n) is 10.7. The smallest absolute Gasteiger partial charge is 0.0469 e. The van der Waals surface area contributed by atoms with Crippen LogP contribution < -0.4 is 11.3 Å². The van der Waals surface area contributed by atoms with Gasteiger partial charge < -0.3 is 4.74 Å². The van der Waals surface area contributed by atoms with Crippen LogP contribution >= 0.6 is 11.3 Å². The number of aryl methyl sites for hydroxylation is 1. The van der Waals surface area contributed by atoms with Gasteiger partial charge in [-0.2, -0.15) is 0 Å². The van der Waals surface area contributed by atoms with Crippen LogP contribution in [0.3, 0.4) is 0 Å². The van der Waals surface area contributed by atoms with Gasteiger partial charge in [-0.3, -0.25) is 11.3 Å². The largest absolute Gasteiger partial charge is 0.381 e. The summed E-state index contributed by atoms with van der Waals surface area (Å²) in [7, 11) is 0. The molecule has 3 nitrogen and oxygen atoms in total. The molecule has 2 heterocycles. The molecule has 4 heteroatoms. The molecule has 0 spiro atoms. The number of hydrogen-bond donors (Lipinski definition) is 2. The highest BCUT2D eigenvalue weighted by Gasteiger charge is 2.33. The summed E-state index contributed by atoms with van der Waals surface area (Å²) in [5.41, 5.74) is 4.68. The Bertz CT molecular complexity index is 387. The van der Waals surface area contributed by atoms with Crippen LogP contribution in [0.5, 0.6) is 0 Å². The second-order valence-corrected chi connectivity index (χ2v) is 6.44. The maximum absolute atomic E-state index is 5.87. The van der Waals surface area contributed by atoms with Gasteiger partial charge in [-0.15, -0.1) is 11.3 Å². The van der Waals surface area contributed by atoms with E-state index in [0.717, 1.165) is 26.1 Å². The Hall–Kier alpha value is -0.420. The Balaban J connectivity index is 1.80. The van der Waals surface area contributed by atoms with Crippen molar-refractivity contribution < 1.29 is 4.74 Å². The molecule has 3 rings (SSSR count). The highest BCUT2D eigenvalue weighted by atomic mass is 32.1. The Labute approximate surface area is 113 Å². The van der Waals surface area contributed by atoms with E-state index in [1.165, 1.54) is 19.3 Å². The summed E-state index contributed by atoms with van der Waals surface area (Å²) in [5, 5.41) is 2.24. The first-order valence-electron chi connectivity index (χ1n) is 7.00. The highest BCUT2D eigenvalue weighted by Crippen LogP contribution is 2.40. The fourth-order valence-corrected chi connectivity index (χ4v) is 4.55. The number of hydrogen-bond acceptors (Lipinski definition) is 4. The van der Waals surface area contributed by atoms with E-state index in [0.29, 0.717) is 17.9 Å². The maximum atomic E-state index is 5.87. The topological polar surface area (TPSA) is 47.3 Å². The van der Waals surface area contributed by atoms with Crippen LogP contribution in [-0.4, -0.2) is 19.3 Å². The lowest BCUT2D eigenvalue weighted by Gasteiger charge is -2.37. The summed E-state index contributed by atoms with van der Waals surface area (Å²) < 4.78 is 5.47. The summed E-state index contributed by atoms with van der Waals surface area (Å²) in [6, 6.07) is 2.73. The number of fused-ring (bicyclic) bond motifs is 1. The molecule has 1 aromatic rings. The molecule has 1 aliphatic heterocycles. The van der Waals surface area contributed by atoms with E-state index < -0.39 is 0 Å². The molecule has 1 aromatic heterocycles. The molecule has 1 saturated heterocycles. The lowest BCUT2D eigenvalue weighted by molar-refractivity contribution is 0.0488. The molecule has 0 saturated carbocycles. The van der Waals surface area contributed by atoms with Crippen LogP contribution in [0.25, 0.3) is 0 Å². The molecule has 0 aromatic carbocycles. The van der Waals surface area contributed by atoms with Crippen LogP contribution in [-0.2, 0) is 11.2 Å². The number of rotatable bonds is 3. The molecule has 3 N–H and O–H groups in total. The monoisotopic (exact) mass is 266 g/mol. The zero-order valence-corrected chi connectivity index (χ0v) is 11.5. The number of hydrazine groups is 1. The molecule has 2 unspecified atom stereocenters. The first kappa shape index (κ1) is 12.6. The minimum Gasteiger partial charge on any atom is -0.381 e. The van der Waals surface area contributed by atoms with E-state index >= 15 is 0 Å². The maximum Gasteiger partial charge on any atom is 0.0469 e. The molecule has 0 bridgehead atoms. The van der Waals surface area contributed by atoms with Gasteiger partial charge in [-0.1, -0.05) is 0 Å². The van der Waals surface area contributed by atoms with E-state index in [1.807, 2.05) is 11.3 Å². The molecule has 0 radical (unpaired) electrons. The fraction of sp³-hybridized carbons (Fsp3) is 0.714. The Morgan fingerprint density at radius 3 is 2.94 bits per heavy atom. The minimum atomic E-state index is 0.419. The molecule has 0 amide bonds. The van der Waals surface area contributed by atoms with Crippen LogP contribution in [0.4, 0.5) is 0 Å². The zero-order chi connectivity index (χ0) is 12.4.